The Morgan fingerprint density at radius 1 is 1.20 bits per heavy atom. The second kappa shape index (κ2) is 6.06. The van der Waals surface area contributed by atoms with E-state index in [2.05, 4.69) is 4.74 Å². The number of para-hydroxylation sites is 1. The van der Waals surface area contributed by atoms with Crippen molar-refractivity contribution >= 4 is 6.29 Å². The fourth-order valence-corrected chi connectivity index (χ4v) is 0.796. The first kappa shape index (κ1) is 13.5. The van der Waals surface area contributed by atoms with E-state index in [1.807, 2.05) is 13.8 Å². The summed E-state index contributed by atoms with van der Waals surface area (Å²) in [5, 5.41) is 0. The number of alkyl halides is 3. The fraction of sp³-hybridized carbons (Fsp3) is 0.300. The molecule has 0 spiro atoms. The van der Waals surface area contributed by atoms with Gasteiger partial charge in [0.05, 0.1) is 5.56 Å². The average molecular weight is 220 g/mol. The van der Waals surface area contributed by atoms with Crippen LogP contribution in [0.1, 0.15) is 24.2 Å². The molecule has 0 aliphatic rings. The van der Waals surface area contributed by atoms with Crippen molar-refractivity contribution in [3.63, 3.8) is 0 Å². The lowest BCUT2D eigenvalue weighted by molar-refractivity contribution is -0.274. The van der Waals surface area contributed by atoms with Crippen LogP contribution in [0.2, 0.25) is 0 Å². The third-order valence-electron chi connectivity index (χ3n) is 1.27. The Hall–Kier alpha value is -1.52. The van der Waals surface area contributed by atoms with Gasteiger partial charge in [0.2, 0.25) is 0 Å². The van der Waals surface area contributed by atoms with Crippen molar-refractivity contribution in [3.05, 3.63) is 29.8 Å². The van der Waals surface area contributed by atoms with E-state index in [1.54, 1.807) is 0 Å². The van der Waals surface area contributed by atoms with Crippen LogP contribution in [-0.2, 0) is 0 Å². The Morgan fingerprint density at radius 2 is 1.73 bits per heavy atom. The van der Waals surface area contributed by atoms with Gasteiger partial charge >= 0.3 is 6.36 Å². The summed E-state index contributed by atoms with van der Waals surface area (Å²) in [6.07, 6.45) is -4.46. The molecule has 1 aromatic rings. The highest BCUT2D eigenvalue weighted by Crippen LogP contribution is 2.24. The number of benzene rings is 1. The van der Waals surface area contributed by atoms with Gasteiger partial charge in [-0.15, -0.1) is 13.2 Å². The van der Waals surface area contributed by atoms with Gasteiger partial charge in [-0.2, -0.15) is 0 Å². The van der Waals surface area contributed by atoms with Gasteiger partial charge < -0.3 is 4.74 Å². The summed E-state index contributed by atoms with van der Waals surface area (Å²) < 4.78 is 38.8. The molecule has 0 aliphatic carbocycles. The van der Waals surface area contributed by atoms with Gasteiger partial charge in [0.15, 0.2) is 6.29 Å². The predicted octanol–water partition coefficient (Wildman–Crippen LogP) is 3.42. The zero-order valence-corrected chi connectivity index (χ0v) is 8.34. The van der Waals surface area contributed by atoms with Crippen LogP contribution in [0.3, 0.4) is 0 Å². The van der Waals surface area contributed by atoms with Crippen molar-refractivity contribution in [2.24, 2.45) is 0 Å². The maximum atomic E-state index is 11.7. The highest BCUT2D eigenvalue weighted by molar-refractivity contribution is 5.79. The minimum atomic E-state index is -4.76. The van der Waals surface area contributed by atoms with Crippen LogP contribution >= 0.6 is 0 Å². The molecular formula is C10H11F3O2. The smallest absolute Gasteiger partial charge is 0.405 e. The van der Waals surface area contributed by atoms with E-state index in [4.69, 9.17) is 0 Å². The van der Waals surface area contributed by atoms with E-state index < -0.39 is 12.1 Å². The molecule has 0 fully saturated rings. The zero-order valence-electron chi connectivity index (χ0n) is 8.34. The quantitative estimate of drug-likeness (QED) is 0.714. The number of hydrogen-bond donors (Lipinski definition) is 0. The van der Waals surface area contributed by atoms with E-state index >= 15 is 0 Å². The molecule has 0 bridgehead atoms. The van der Waals surface area contributed by atoms with Gasteiger partial charge in [0.1, 0.15) is 5.75 Å². The van der Waals surface area contributed by atoms with Gasteiger partial charge in [-0.05, 0) is 12.1 Å². The van der Waals surface area contributed by atoms with Crippen LogP contribution in [0.15, 0.2) is 24.3 Å². The molecule has 5 heteroatoms. The van der Waals surface area contributed by atoms with Crippen LogP contribution in [0.25, 0.3) is 0 Å². The molecule has 0 saturated carbocycles. The third-order valence-corrected chi connectivity index (χ3v) is 1.27. The van der Waals surface area contributed by atoms with E-state index in [0.717, 1.165) is 6.07 Å². The highest BCUT2D eigenvalue weighted by atomic mass is 19.4. The molecule has 1 aromatic carbocycles. The number of halogens is 3. The van der Waals surface area contributed by atoms with Crippen LogP contribution in [-0.4, -0.2) is 12.6 Å². The largest absolute Gasteiger partial charge is 0.573 e. The molecule has 2 nitrogen and oxygen atoms in total. The molecule has 0 saturated heterocycles. The number of carbonyl (C=O) groups is 1. The monoisotopic (exact) mass is 220 g/mol. The standard InChI is InChI=1S/C8H5F3O2.C2H6/c9-8(10,11)13-7-4-2-1-3-6(7)5-12;1-2/h1-5H;1-2H3. The molecule has 0 radical (unpaired) electrons. The molecule has 15 heavy (non-hydrogen) atoms. The Bertz CT molecular complexity index is 308. The van der Waals surface area contributed by atoms with Gasteiger partial charge in [-0.1, -0.05) is 26.0 Å². The summed E-state index contributed by atoms with van der Waals surface area (Å²) in [5.41, 5.74) is -0.125. The first-order valence-corrected chi connectivity index (χ1v) is 4.33. The normalized spacial score (nSPS) is 9.93. The molecule has 0 N–H and O–H groups in total. The molecule has 0 heterocycles. The minimum Gasteiger partial charge on any atom is -0.405 e. The lowest BCUT2D eigenvalue weighted by Crippen LogP contribution is -2.17. The lowest BCUT2D eigenvalue weighted by Gasteiger charge is -2.09. The van der Waals surface area contributed by atoms with Gasteiger partial charge in [0, 0.05) is 0 Å². The fourth-order valence-electron chi connectivity index (χ4n) is 0.796. The molecule has 0 aliphatic heterocycles. The second-order valence-electron chi connectivity index (χ2n) is 2.20. The molecule has 1 rings (SSSR count). The van der Waals surface area contributed by atoms with E-state index in [1.165, 1.54) is 18.2 Å². The molecule has 0 aromatic heterocycles. The van der Waals surface area contributed by atoms with Gasteiger partial charge in [-0.25, -0.2) is 0 Å². The summed E-state index contributed by atoms with van der Waals surface area (Å²) in [5.74, 6) is -0.481. The molecular weight excluding hydrogens is 209 g/mol. The van der Waals surface area contributed by atoms with E-state index in [9.17, 15) is 18.0 Å². The summed E-state index contributed by atoms with van der Waals surface area (Å²) in [7, 11) is 0. The van der Waals surface area contributed by atoms with Crippen molar-refractivity contribution in [2.45, 2.75) is 20.2 Å². The predicted molar refractivity (Wildman–Crippen MR) is 49.9 cm³/mol. The second-order valence-corrected chi connectivity index (χ2v) is 2.20. The molecule has 0 unspecified atom stereocenters. The summed E-state index contributed by atoms with van der Waals surface area (Å²) in [6.45, 7) is 4.00. The van der Waals surface area contributed by atoms with Crippen LogP contribution in [0, 0.1) is 0 Å². The van der Waals surface area contributed by atoms with Crippen molar-refractivity contribution < 1.29 is 22.7 Å². The lowest BCUT2D eigenvalue weighted by atomic mass is 10.2. The van der Waals surface area contributed by atoms with Crippen LogP contribution in [0.5, 0.6) is 5.75 Å². The van der Waals surface area contributed by atoms with Gasteiger partial charge in [0.25, 0.3) is 0 Å². The summed E-state index contributed by atoms with van der Waals surface area (Å²) in [6, 6.07) is 5.13. The molecule has 84 valence electrons. The van der Waals surface area contributed by atoms with Gasteiger partial charge in [-0.3, -0.25) is 4.79 Å². The van der Waals surface area contributed by atoms with Crippen molar-refractivity contribution in [1.29, 1.82) is 0 Å². The number of ether oxygens (including phenoxy) is 1. The van der Waals surface area contributed by atoms with Crippen molar-refractivity contribution in [2.75, 3.05) is 0 Å². The van der Waals surface area contributed by atoms with Crippen LogP contribution < -0.4 is 4.74 Å². The Labute approximate surface area is 85.7 Å². The maximum absolute atomic E-state index is 11.7. The summed E-state index contributed by atoms with van der Waals surface area (Å²) in [4.78, 5) is 10.3. The van der Waals surface area contributed by atoms with Crippen molar-refractivity contribution in [3.8, 4) is 5.75 Å². The average Bonchev–Trinajstić information content (AvgIpc) is 2.19. The molecule has 0 atom stereocenters. The number of aldehydes is 1. The van der Waals surface area contributed by atoms with E-state index in [0.29, 0.717) is 6.29 Å². The van der Waals surface area contributed by atoms with Crippen LogP contribution in [0.4, 0.5) is 13.2 Å². The zero-order chi connectivity index (χ0) is 11.9. The number of hydrogen-bond acceptors (Lipinski definition) is 2. The highest BCUT2D eigenvalue weighted by Gasteiger charge is 2.31. The Balaban J connectivity index is 0.000000921. The first-order valence-electron chi connectivity index (χ1n) is 4.33. The topological polar surface area (TPSA) is 26.3 Å². The van der Waals surface area contributed by atoms with Crippen molar-refractivity contribution in [1.82, 2.24) is 0 Å². The SMILES string of the molecule is CC.O=Cc1ccccc1OC(F)(F)F. The maximum Gasteiger partial charge on any atom is 0.573 e. The Morgan fingerprint density at radius 3 is 2.20 bits per heavy atom. The number of carbonyl (C=O) groups excluding carboxylic acids is 1. The minimum absolute atomic E-state index is 0.125. The Kier molecular flexibility index (Phi) is 5.44. The third kappa shape index (κ3) is 5.05. The molecule has 0 amide bonds. The first-order chi connectivity index (χ1) is 7.03. The van der Waals surface area contributed by atoms with E-state index in [-0.39, 0.29) is 5.56 Å². The number of rotatable bonds is 2. The summed E-state index contributed by atoms with van der Waals surface area (Å²) >= 11 is 0.